The van der Waals surface area contributed by atoms with Crippen LogP contribution in [0.4, 0.5) is 14.5 Å². The number of hydrogen-bond donors (Lipinski definition) is 1. The smallest absolute Gasteiger partial charge is 0.251 e. The highest BCUT2D eigenvalue weighted by molar-refractivity contribution is 7.89. The van der Waals surface area contributed by atoms with Crippen molar-refractivity contribution in [2.45, 2.75) is 37.5 Å². The Hall–Kier alpha value is -1.58. The summed E-state index contributed by atoms with van der Waals surface area (Å²) in [7, 11) is -3.57. The molecule has 1 aliphatic rings. The number of benzene rings is 1. The van der Waals surface area contributed by atoms with Crippen molar-refractivity contribution in [3.8, 4) is 0 Å². The molecule has 0 spiro atoms. The Morgan fingerprint density at radius 3 is 2.62 bits per heavy atom. The lowest BCUT2D eigenvalue weighted by atomic mass is 10.3. The fraction of sp³-hybridized carbons (Fsp3) is 0.588. The molecule has 1 aromatic rings. The number of halogens is 2. The zero-order valence-corrected chi connectivity index (χ0v) is 15.6. The van der Waals surface area contributed by atoms with Crippen LogP contribution in [0.15, 0.2) is 29.2 Å². The van der Waals surface area contributed by atoms with E-state index in [0.717, 1.165) is 12.8 Å². The predicted octanol–water partition coefficient (Wildman–Crippen LogP) is 2.39. The van der Waals surface area contributed by atoms with E-state index >= 15 is 0 Å². The van der Waals surface area contributed by atoms with E-state index in [-0.39, 0.29) is 11.4 Å². The van der Waals surface area contributed by atoms with Crippen LogP contribution < -0.4 is 5.32 Å². The van der Waals surface area contributed by atoms with Crippen LogP contribution in [-0.4, -0.2) is 62.7 Å². The van der Waals surface area contributed by atoms with Crippen molar-refractivity contribution >= 4 is 21.6 Å². The van der Waals surface area contributed by atoms with Gasteiger partial charge in [-0.05, 0) is 44.0 Å². The van der Waals surface area contributed by atoms with Gasteiger partial charge in [-0.1, -0.05) is 13.0 Å². The molecule has 0 aliphatic carbocycles. The van der Waals surface area contributed by atoms with Crippen molar-refractivity contribution in [3.05, 3.63) is 24.3 Å². The largest absolute Gasteiger partial charge is 0.325 e. The third-order valence-electron chi connectivity index (χ3n) is 4.12. The first-order valence-corrected chi connectivity index (χ1v) is 10.2. The summed E-state index contributed by atoms with van der Waals surface area (Å²) in [5, 5.41) is 2.60. The highest BCUT2D eigenvalue weighted by atomic mass is 32.2. The number of nitrogens with one attached hydrogen (secondary N) is 1. The molecular weight excluding hydrogens is 364 g/mol. The topological polar surface area (TPSA) is 69.7 Å². The summed E-state index contributed by atoms with van der Waals surface area (Å²) in [5.41, 5.74) is 0.337. The van der Waals surface area contributed by atoms with Gasteiger partial charge in [-0.3, -0.25) is 9.69 Å². The molecule has 146 valence electrons. The Kier molecular flexibility index (Phi) is 7.48. The van der Waals surface area contributed by atoms with Gasteiger partial charge in [-0.2, -0.15) is 4.31 Å². The zero-order valence-electron chi connectivity index (χ0n) is 14.8. The molecule has 0 unspecified atom stereocenters. The number of alkyl halides is 2. The Labute approximate surface area is 153 Å². The molecule has 26 heavy (non-hydrogen) atoms. The Balaban J connectivity index is 2.04. The molecule has 0 bridgehead atoms. The number of carbonyl (C=O) groups excluding carboxylic acids is 1. The molecule has 9 heteroatoms. The average Bonchev–Trinajstić information content (AvgIpc) is 3.10. The van der Waals surface area contributed by atoms with Gasteiger partial charge in [0.2, 0.25) is 15.9 Å². The van der Waals surface area contributed by atoms with Crippen molar-refractivity contribution in [2.75, 3.05) is 38.0 Å². The predicted molar refractivity (Wildman–Crippen MR) is 95.8 cm³/mol. The second-order valence-corrected chi connectivity index (χ2v) is 8.25. The maximum absolute atomic E-state index is 12.6. The standard InChI is InChI=1S/C17H25F2N3O3S/c1-2-8-21(12-16(18)19)13-17(23)20-14-6-5-7-15(11-14)26(24,25)22-9-3-4-10-22/h5-7,11,16H,2-4,8-10,12-13H2,1H3,(H,20,23). The lowest BCUT2D eigenvalue weighted by Gasteiger charge is -2.20. The molecule has 0 saturated carbocycles. The molecule has 1 N–H and O–H groups in total. The summed E-state index contributed by atoms with van der Waals surface area (Å²) in [6.07, 6.45) is -0.174. The summed E-state index contributed by atoms with van der Waals surface area (Å²) < 4.78 is 51.7. The summed E-state index contributed by atoms with van der Waals surface area (Å²) in [6, 6.07) is 6.03. The van der Waals surface area contributed by atoms with E-state index in [9.17, 15) is 22.0 Å². The molecular formula is C17H25F2N3O3S. The minimum atomic E-state index is -3.57. The first kappa shape index (κ1) is 20.7. The van der Waals surface area contributed by atoms with E-state index < -0.39 is 28.9 Å². The Morgan fingerprint density at radius 2 is 2.00 bits per heavy atom. The van der Waals surface area contributed by atoms with E-state index in [1.807, 2.05) is 6.92 Å². The number of sulfonamides is 1. The molecule has 1 heterocycles. The van der Waals surface area contributed by atoms with Crippen molar-refractivity contribution < 1.29 is 22.0 Å². The molecule has 1 aromatic carbocycles. The van der Waals surface area contributed by atoms with Gasteiger partial charge in [-0.15, -0.1) is 0 Å². The van der Waals surface area contributed by atoms with Crippen LogP contribution in [0.1, 0.15) is 26.2 Å². The van der Waals surface area contributed by atoms with Crippen LogP contribution in [0, 0.1) is 0 Å². The van der Waals surface area contributed by atoms with Gasteiger partial charge >= 0.3 is 0 Å². The normalized spacial score (nSPS) is 15.7. The molecule has 1 saturated heterocycles. The molecule has 1 aliphatic heterocycles. The van der Waals surface area contributed by atoms with Crippen molar-refractivity contribution in [1.29, 1.82) is 0 Å². The lowest BCUT2D eigenvalue weighted by Crippen LogP contribution is -2.37. The van der Waals surface area contributed by atoms with Gasteiger partial charge < -0.3 is 5.32 Å². The van der Waals surface area contributed by atoms with Crippen LogP contribution in [-0.2, 0) is 14.8 Å². The minimum absolute atomic E-state index is 0.121. The molecule has 0 atom stereocenters. The van der Waals surface area contributed by atoms with E-state index in [4.69, 9.17) is 0 Å². The first-order chi connectivity index (χ1) is 12.3. The fourth-order valence-electron chi connectivity index (χ4n) is 2.96. The van der Waals surface area contributed by atoms with Gasteiger partial charge in [0.05, 0.1) is 18.0 Å². The molecule has 6 nitrogen and oxygen atoms in total. The van der Waals surface area contributed by atoms with E-state index in [2.05, 4.69) is 5.32 Å². The number of rotatable bonds is 9. The fourth-order valence-corrected chi connectivity index (χ4v) is 4.53. The number of carbonyl (C=O) groups is 1. The highest BCUT2D eigenvalue weighted by Crippen LogP contribution is 2.23. The number of nitrogens with zero attached hydrogens (tertiary/aromatic N) is 2. The quantitative estimate of drug-likeness (QED) is 0.704. The molecule has 2 rings (SSSR count). The summed E-state index contributed by atoms with van der Waals surface area (Å²) >= 11 is 0. The SMILES string of the molecule is CCCN(CC(=O)Nc1cccc(S(=O)(=O)N2CCCC2)c1)CC(F)F. The highest BCUT2D eigenvalue weighted by Gasteiger charge is 2.27. The third-order valence-corrected chi connectivity index (χ3v) is 6.02. The van der Waals surface area contributed by atoms with E-state index in [1.54, 1.807) is 12.1 Å². The van der Waals surface area contributed by atoms with Gasteiger partial charge in [-0.25, -0.2) is 17.2 Å². The minimum Gasteiger partial charge on any atom is -0.325 e. The van der Waals surface area contributed by atoms with Gasteiger partial charge in [0.15, 0.2) is 0 Å². The van der Waals surface area contributed by atoms with Crippen LogP contribution >= 0.6 is 0 Å². The number of hydrogen-bond acceptors (Lipinski definition) is 4. The summed E-state index contributed by atoms with van der Waals surface area (Å²) in [6.45, 7) is 2.60. The maximum atomic E-state index is 12.6. The van der Waals surface area contributed by atoms with Gasteiger partial charge in [0.1, 0.15) is 0 Å². The average molecular weight is 389 g/mol. The van der Waals surface area contributed by atoms with Gasteiger partial charge in [0.25, 0.3) is 6.43 Å². The third kappa shape index (κ3) is 5.72. The van der Waals surface area contributed by atoms with Crippen LogP contribution in [0.25, 0.3) is 0 Å². The van der Waals surface area contributed by atoms with Gasteiger partial charge in [0, 0.05) is 18.8 Å². The van der Waals surface area contributed by atoms with Crippen LogP contribution in [0.2, 0.25) is 0 Å². The van der Waals surface area contributed by atoms with Crippen molar-refractivity contribution in [3.63, 3.8) is 0 Å². The second kappa shape index (κ2) is 9.38. The molecule has 0 aromatic heterocycles. The number of anilines is 1. The zero-order chi connectivity index (χ0) is 19.2. The van der Waals surface area contributed by atoms with Crippen molar-refractivity contribution in [2.24, 2.45) is 0 Å². The summed E-state index contributed by atoms with van der Waals surface area (Å²) in [5.74, 6) is -0.449. The van der Waals surface area contributed by atoms with E-state index in [1.165, 1.54) is 21.3 Å². The second-order valence-electron chi connectivity index (χ2n) is 6.31. The summed E-state index contributed by atoms with van der Waals surface area (Å²) in [4.78, 5) is 13.6. The molecule has 1 amide bonds. The van der Waals surface area contributed by atoms with Crippen LogP contribution in [0.3, 0.4) is 0 Å². The Bertz CT molecular complexity index is 707. The first-order valence-electron chi connectivity index (χ1n) is 8.73. The maximum Gasteiger partial charge on any atom is 0.251 e. The van der Waals surface area contributed by atoms with Crippen LogP contribution in [0.5, 0.6) is 0 Å². The molecule has 0 radical (unpaired) electrons. The molecule has 1 fully saturated rings. The number of amides is 1. The monoisotopic (exact) mass is 389 g/mol. The van der Waals surface area contributed by atoms with Crippen molar-refractivity contribution in [1.82, 2.24) is 9.21 Å². The van der Waals surface area contributed by atoms with E-state index in [0.29, 0.717) is 31.7 Å². The Morgan fingerprint density at radius 1 is 1.31 bits per heavy atom. The lowest BCUT2D eigenvalue weighted by molar-refractivity contribution is -0.117.